The number of aryl methyl sites for hydroxylation is 2. The highest BCUT2D eigenvalue weighted by Crippen LogP contribution is 2.22. The lowest BCUT2D eigenvalue weighted by Gasteiger charge is -2.09. The lowest BCUT2D eigenvalue weighted by molar-refractivity contribution is -0.150. The minimum atomic E-state index is -0.937. The minimum absolute atomic E-state index is 0.0606. The van der Waals surface area contributed by atoms with Gasteiger partial charge in [0.25, 0.3) is 5.91 Å². The Balaban J connectivity index is 1.43. The Morgan fingerprint density at radius 1 is 1.19 bits per heavy atom. The van der Waals surface area contributed by atoms with E-state index in [4.69, 9.17) is 13.9 Å². The minimum Gasteiger partial charge on any atom is -0.497 e. The highest BCUT2D eigenvalue weighted by atomic mass is 16.5. The average molecular weight is 422 g/mol. The summed E-state index contributed by atoms with van der Waals surface area (Å²) in [6.07, 6.45) is 4.51. The molecule has 4 aromatic rings. The van der Waals surface area contributed by atoms with Gasteiger partial charge < -0.3 is 18.3 Å². The summed E-state index contributed by atoms with van der Waals surface area (Å²) in [5.41, 5.74) is 4.05. The number of methoxy groups -OCH3 is 1. The third kappa shape index (κ3) is 4.66. The van der Waals surface area contributed by atoms with Crippen LogP contribution in [0.5, 0.6) is 5.75 Å². The van der Waals surface area contributed by atoms with Crippen LogP contribution in [0.4, 0.5) is 6.01 Å². The molecule has 0 aliphatic heterocycles. The van der Waals surface area contributed by atoms with Crippen LogP contribution < -0.4 is 10.1 Å². The molecular weight excluding hydrogens is 400 g/mol. The van der Waals surface area contributed by atoms with Gasteiger partial charge in [-0.2, -0.15) is 4.98 Å². The Labute approximate surface area is 178 Å². The number of nitrogens with one attached hydrogen (secondary N) is 1. The molecule has 9 nitrogen and oxygen atoms in total. The van der Waals surface area contributed by atoms with Crippen molar-refractivity contribution in [3.05, 3.63) is 54.0 Å². The maximum Gasteiger partial charge on any atom is 0.303 e. The molecule has 0 aliphatic carbocycles. The second kappa shape index (κ2) is 8.47. The topological polar surface area (TPSA) is 108 Å². The summed E-state index contributed by atoms with van der Waals surface area (Å²) >= 11 is 0. The second-order valence-electron chi connectivity index (χ2n) is 7.13. The molecule has 0 radical (unpaired) electrons. The van der Waals surface area contributed by atoms with Crippen molar-refractivity contribution >= 4 is 34.6 Å². The van der Waals surface area contributed by atoms with Crippen LogP contribution in [-0.4, -0.2) is 39.5 Å². The molecule has 0 saturated heterocycles. The van der Waals surface area contributed by atoms with Gasteiger partial charge in [-0.1, -0.05) is 6.07 Å². The highest BCUT2D eigenvalue weighted by Gasteiger charge is 2.18. The molecule has 0 unspecified atom stereocenters. The number of hydrogen-bond acceptors (Lipinski definition) is 7. The summed E-state index contributed by atoms with van der Waals surface area (Å²) in [6, 6.07) is 9.55. The van der Waals surface area contributed by atoms with E-state index in [2.05, 4.69) is 15.3 Å². The summed E-state index contributed by atoms with van der Waals surface area (Å²) in [5.74, 6) is -0.273. The van der Waals surface area contributed by atoms with Gasteiger partial charge in [0.05, 0.1) is 12.8 Å². The van der Waals surface area contributed by atoms with Crippen LogP contribution in [-0.2, 0) is 27.2 Å². The standard InChI is InChI=1S/C22H22N4O5/c1-13(30-14(2)27)21(28)25-22-24-18-7-5-15(10-19(18)31-22)4-6-16-12-26-9-8-17(29-3)11-20(26)23-16/h5,7-13H,4,6H2,1-3H3,(H,24,25,28)/t13-/m0/s1. The normalized spacial score (nSPS) is 12.1. The molecule has 1 N–H and O–H groups in total. The molecule has 1 aromatic carbocycles. The molecule has 0 saturated carbocycles. The predicted molar refractivity (Wildman–Crippen MR) is 113 cm³/mol. The number of carbonyl (C=O) groups is 2. The lowest BCUT2D eigenvalue weighted by Crippen LogP contribution is -2.29. The highest BCUT2D eigenvalue weighted by molar-refractivity contribution is 5.94. The van der Waals surface area contributed by atoms with Crippen molar-refractivity contribution < 1.29 is 23.5 Å². The SMILES string of the molecule is COc1ccn2cc(CCc3ccc4nc(NC(=O)[C@H](C)OC(C)=O)oc4c3)nc2c1. The van der Waals surface area contributed by atoms with E-state index in [9.17, 15) is 9.59 Å². The third-order valence-electron chi connectivity index (χ3n) is 4.78. The van der Waals surface area contributed by atoms with Crippen LogP contribution in [0.2, 0.25) is 0 Å². The summed E-state index contributed by atoms with van der Waals surface area (Å²) in [7, 11) is 1.63. The van der Waals surface area contributed by atoms with Crippen molar-refractivity contribution in [3.63, 3.8) is 0 Å². The van der Waals surface area contributed by atoms with E-state index in [1.165, 1.54) is 13.8 Å². The molecule has 1 atom stereocenters. The van der Waals surface area contributed by atoms with Gasteiger partial charge in [-0.15, -0.1) is 0 Å². The third-order valence-corrected chi connectivity index (χ3v) is 4.78. The maximum absolute atomic E-state index is 12.1. The number of anilines is 1. The molecule has 0 spiro atoms. The number of imidazole rings is 1. The summed E-state index contributed by atoms with van der Waals surface area (Å²) in [4.78, 5) is 31.9. The van der Waals surface area contributed by atoms with Gasteiger partial charge in [-0.25, -0.2) is 4.98 Å². The van der Waals surface area contributed by atoms with E-state index in [0.717, 1.165) is 35.5 Å². The van der Waals surface area contributed by atoms with Crippen molar-refractivity contribution in [1.29, 1.82) is 0 Å². The van der Waals surface area contributed by atoms with Crippen molar-refractivity contribution in [1.82, 2.24) is 14.4 Å². The molecule has 0 aliphatic rings. The first kappa shape index (κ1) is 20.4. The molecule has 0 fully saturated rings. The van der Waals surface area contributed by atoms with Gasteiger partial charge in [-0.3, -0.25) is 14.9 Å². The molecular formula is C22H22N4O5. The Kier molecular flexibility index (Phi) is 5.57. The van der Waals surface area contributed by atoms with Crippen molar-refractivity contribution in [3.8, 4) is 5.75 Å². The number of carbonyl (C=O) groups excluding carboxylic acids is 2. The number of nitrogens with zero attached hydrogens (tertiary/aromatic N) is 3. The first-order valence-corrected chi connectivity index (χ1v) is 9.80. The van der Waals surface area contributed by atoms with Crippen LogP contribution >= 0.6 is 0 Å². The van der Waals surface area contributed by atoms with Gasteiger partial charge in [-0.05, 0) is 43.5 Å². The van der Waals surface area contributed by atoms with Gasteiger partial charge >= 0.3 is 12.0 Å². The Bertz CT molecular complexity index is 1260. The van der Waals surface area contributed by atoms with Gasteiger partial charge in [0.2, 0.25) is 0 Å². The number of hydrogen-bond donors (Lipinski definition) is 1. The van der Waals surface area contributed by atoms with Crippen molar-refractivity contribution in [2.45, 2.75) is 32.8 Å². The van der Waals surface area contributed by atoms with Gasteiger partial charge in [0.15, 0.2) is 11.7 Å². The zero-order valence-electron chi connectivity index (χ0n) is 17.4. The van der Waals surface area contributed by atoms with Crippen LogP contribution in [0.1, 0.15) is 25.1 Å². The van der Waals surface area contributed by atoms with Crippen LogP contribution in [0, 0.1) is 0 Å². The zero-order valence-corrected chi connectivity index (χ0v) is 17.4. The Morgan fingerprint density at radius 2 is 2.03 bits per heavy atom. The molecule has 4 rings (SSSR count). The number of esters is 1. The monoisotopic (exact) mass is 422 g/mol. The first-order chi connectivity index (χ1) is 14.9. The predicted octanol–water partition coefficient (Wildman–Crippen LogP) is 3.16. The summed E-state index contributed by atoms with van der Waals surface area (Å²) in [6.45, 7) is 2.72. The fourth-order valence-corrected chi connectivity index (χ4v) is 3.22. The molecule has 3 aromatic heterocycles. The largest absolute Gasteiger partial charge is 0.497 e. The van der Waals surface area contributed by atoms with Gasteiger partial charge in [0, 0.05) is 25.4 Å². The van der Waals surface area contributed by atoms with E-state index in [0.29, 0.717) is 11.1 Å². The maximum atomic E-state index is 12.1. The number of pyridine rings is 1. The summed E-state index contributed by atoms with van der Waals surface area (Å²) < 4.78 is 17.7. The Hall–Kier alpha value is -3.88. The molecule has 31 heavy (non-hydrogen) atoms. The molecule has 3 heterocycles. The first-order valence-electron chi connectivity index (χ1n) is 9.80. The Morgan fingerprint density at radius 3 is 2.81 bits per heavy atom. The number of oxazole rings is 1. The second-order valence-corrected chi connectivity index (χ2v) is 7.13. The molecule has 9 heteroatoms. The number of ether oxygens (including phenoxy) is 2. The van der Waals surface area contributed by atoms with Crippen LogP contribution in [0.3, 0.4) is 0 Å². The van der Waals surface area contributed by atoms with Crippen molar-refractivity contribution in [2.75, 3.05) is 12.4 Å². The van der Waals surface area contributed by atoms with E-state index in [1.807, 2.05) is 47.1 Å². The average Bonchev–Trinajstić information content (AvgIpc) is 3.33. The molecule has 160 valence electrons. The zero-order chi connectivity index (χ0) is 22.0. The number of rotatable bonds is 7. The van der Waals surface area contributed by atoms with E-state index in [1.54, 1.807) is 7.11 Å². The smallest absolute Gasteiger partial charge is 0.303 e. The number of aromatic nitrogens is 3. The fraction of sp³-hybridized carbons (Fsp3) is 0.273. The number of amides is 1. The molecule has 0 bridgehead atoms. The van der Waals surface area contributed by atoms with Crippen LogP contribution in [0.15, 0.2) is 47.1 Å². The van der Waals surface area contributed by atoms with E-state index in [-0.39, 0.29) is 6.01 Å². The van der Waals surface area contributed by atoms with Gasteiger partial charge in [0.1, 0.15) is 16.9 Å². The fourth-order valence-electron chi connectivity index (χ4n) is 3.22. The number of benzene rings is 1. The molecule has 1 amide bonds. The van der Waals surface area contributed by atoms with Crippen molar-refractivity contribution in [2.24, 2.45) is 0 Å². The lowest BCUT2D eigenvalue weighted by atomic mass is 10.1. The van der Waals surface area contributed by atoms with E-state index >= 15 is 0 Å². The van der Waals surface area contributed by atoms with E-state index < -0.39 is 18.0 Å². The quantitative estimate of drug-likeness (QED) is 0.456. The van der Waals surface area contributed by atoms with Crippen LogP contribution in [0.25, 0.3) is 16.7 Å². The summed E-state index contributed by atoms with van der Waals surface area (Å²) in [5, 5.41) is 2.52. The number of fused-ring (bicyclic) bond motifs is 2.